The first-order chi connectivity index (χ1) is 14.8. The summed E-state index contributed by atoms with van der Waals surface area (Å²) in [6.07, 6.45) is 1.42. The fraction of sp³-hybridized carbons (Fsp3) is 0.238. The number of methoxy groups -OCH3 is 1. The molecule has 1 aliphatic rings. The maximum Gasteiger partial charge on any atom is 0.337 e. The van der Waals surface area contributed by atoms with Crippen LogP contribution in [0.4, 0.5) is 10.6 Å². The topological polar surface area (TPSA) is 117 Å². The molecule has 0 bridgehead atoms. The van der Waals surface area contributed by atoms with E-state index in [-0.39, 0.29) is 18.6 Å². The number of ether oxygens (including phenoxy) is 1. The van der Waals surface area contributed by atoms with Crippen LogP contribution in [-0.2, 0) is 11.3 Å². The minimum Gasteiger partial charge on any atom is -0.465 e. The van der Waals surface area contributed by atoms with Gasteiger partial charge in [-0.05, 0) is 26.0 Å². The van der Waals surface area contributed by atoms with E-state index in [0.717, 1.165) is 5.69 Å². The summed E-state index contributed by atoms with van der Waals surface area (Å²) in [5.41, 5.74) is 9.80. The van der Waals surface area contributed by atoms with Gasteiger partial charge in [0.05, 0.1) is 40.8 Å². The van der Waals surface area contributed by atoms with Crippen molar-refractivity contribution < 1.29 is 14.3 Å². The van der Waals surface area contributed by atoms with Crippen LogP contribution in [0.15, 0.2) is 24.5 Å². The lowest BCUT2D eigenvalue weighted by Gasteiger charge is -2.14. The Hall–Kier alpha value is -3.59. The Balaban J connectivity index is 1.97. The number of benzene rings is 1. The fourth-order valence-electron chi connectivity index (χ4n) is 4.35. The summed E-state index contributed by atoms with van der Waals surface area (Å²) in [4.78, 5) is 33.9. The predicted molar refractivity (Wildman–Crippen MR) is 117 cm³/mol. The van der Waals surface area contributed by atoms with Gasteiger partial charge in [-0.2, -0.15) is 0 Å². The molecule has 0 saturated heterocycles. The molecular formula is C21H19ClN6O3. The second-order valence-electron chi connectivity index (χ2n) is 7.62. The summed E-state index contributed by atoms with van der Waals surface area (Å²) in [6, 6.07) is 4.62. The highest BCUT2D eigenvalue weighted by Gasteiger charge is 2.33. The van der Waals surface area contributed by atoms with Crippen LogP contribution < -0.4 is 11.1 Å². The molecule has 1 amide bonds. The standard InChI is InChI=1S/C21H19ClN6O3/c1-9(2)27-13-7-24-21(30)28-12-6-10(20(29)31-3)4-5-11(12)16(22)17(28)14(13)15-18(23)25-8-26-19(15)27/h4-6,8-9H,7H2,1-3H3,(H,24,30)(H2,23,25,26). The van der Waals surface area contributed by atoms with E-state index in [1.165, 1.54) is 18.0 Å². The number of hydrogen-bond donors (Lipinski definition) is 2. The normalized spacial score (nSPS) is 13.3. The third kappa shape index (κ3) is 2.56. The summed E-state index contributed by atoms with van der Waals surface area (Å²) in [6.45, 7) is 4.33. The molecule has 4 aromatic rings. The molecule has 3 N–H and O–H groups in total. The van der Waals surface area contributed by atoms with Crippen LogP contribution >= 0.6 is 11.6 Å². The molecule has 5 rings (SSSR count). The Bertz CT molecular complexity index is 1420. The fourth-order valence-corrected chi connectivity index (χ4v) is 4.69. The zero-order valence-corrected chi connectivity index (χ0v) is 17.8. The molecule has 0 radical (unpaired) electrons. The quantitative estimate of drug-likeness (QED) is 0.460. The third-order valence-electron chi connectivity index (χ3n) is 5.61. The van der Waals surface area contributed by atoms with E-state index in [9.17, 15) is 9.59 Å². The Kier molecular flexibility index (Phi) is 4.19. The van der Waals surface area contributed by atoms with Crippen molar-refractivity contribution in [1.29, 1.82) is 0 Å². The number of nitrogens with one attached hydrogen (secondary N) is 1. The predicted octanol–water partition coefficient (Wildman–Crippen LogP) is 3.73. The Morgan fingerprint density at radius 2 is 2.10 bits per heavy atom. The highest BCUT2D eigenvalue weighted by atomic mass is 35.5. The molecule has 1 aliphatic heterocycles. The maximum atomic E-state index is 13.2. The van der Waals surface area contributed by atoms with Crippen molar-refractivity contribution in [3.8, 4) is 11.3 Å². The van der Waals surface area contributed by atoms with Gasteiger partial charge in [-0.3, -0.25) is 4.57 Å². The molecule has 0 atom stereocenters. The number of amides is 1. The van der Waals surface area contributed by atoms with Crippen LogP contribution in [0.3, 0.4) is 0 Å². The number of nitrogens with zero attached hydrogens (tertiary/aromatic N) is 4. The van der Waals surface area contributed by atoms with E-state index in [0.29, 0.717) is 49.6 Å². The smallest absolute Gasteiger partial charge is 0.337 e. The second kappa shape index (κ2) is 6.71. The van der Waals surface area contributed by atoms with Crippen LogP contribution in [0.25, 0.3) is 33.2 Å². The Labute approximate surface area is 181 Å². The number of anilines is 1. The van der Waals surface area contributed by atoms with Gasteiger partial charge < -0.3 is 20.4 Å². The summed E-state index contributed by atoms with van der Waals surface area (Å²) in [5, 5.41) is 4.60. The lowest BCUT2D eigenvalue weighted by molar-refractivity contribution is 0.0601. The molecule has 0 unspecified atom stereocenters. The van der Waals surface area contributed by atoms with Gasteiger partial charge in [0.15, 0.2) is 0 Å². The molecule has 0 fully saturated rings. The number of nitrogens with two attached hydrogens (primary N) is 1. The number of esters is 1. The minimum atomic E-state index is -0.502. The summed E-state index contributed by atoms with van der Waals surface area (Å²) in [5.74, 6) is -0.199. The van der Waals surface area contributed by atoms with Crippen LogP contribution in [0.2, 0.25) is 5.02 Å². The van der Waals surface area contributed by atoms with Gasteiger partial charge >= 0.3 is 12.0 Å². The van der Waals surface area contributed by atoms with Gasteiger partial charge in [-0.1, -0.05) is 17.7 Å². The summed E-state index contributed by atoms with van der Waals surface area (Å²) >= 11 is 6.84. The first kappa shape index (κ1) is 19.4. The largest absolute Gasteiger partial charge is 0.465 e. The van der Waals surface area contributed by atoms with Crippen molar-refractivity contribution in [3.63, 3.8) is 0 Å². The average molecular weight is 439 g/mol. The SMILES string of the molecule is COC(=O)c1ccc2c(Cl)c3n(c2c1)C(=O)NCc1c-3c2c(N)ncnc2n1C(C)C. The van der Waals surface area contributed by atoms with Gasteiger partial charge in [0.2, 0.25) is 0 Å². The van der Waals surface area contributed by atoms with Crippen molar-refractivity contribution in [2.24, 2.45) is 0 Å². The highest BCUT2D eigenvalue weighted by Crippen LogP contribution is 2.46. The van der Waals surface area contributed by atoms with E-state index >= 15 is 0 Å². The third-order valence-corrected chi connectivity index (χ3v) is 5.99. The number of carbonyl (C=O) groups is 2. The molecular weight excluding hydrogens is 420 g/mol. The van der Waals surface area contributed by atoms with Crippen molar-refractivity contribution in [2.75, 3.05) is 12.8 Å². The molecule has 0 saturated carbocycles. The number of fused-ring (bicyclic) bond motifs is 7. The molecule has 10 heteroatoms. The Morgan fingerprint density at radius 3 is 2.81 bits per heavy atom. The van der Waals surface area contributed by atoms with Gasteiger partial charge in [0, 0.05) is 22.7 Å². The van der Waals surface area contributed by atoms with E-state index < -0.39 is 5.97 Å². The number of rotatable bonds is 2. The monoisotopic (exact) mass is 438 g/mol. The summed E-state index contributed by atoms with van der Waals surface area (Å²) < 4.78 is 8.34. The van der Waals surface area contributed by atoms with E-state index in [2.05, 4.69) is 15.3 Å². The van der Waals surface area contributed by atoms with Gasteiger partial charge in [0.1, 0.15) is 17.8 Å². The number of halogens is 1. The highest BCUT2D eigenvalue weighted by molar-refractivity contribution is 6.40. The molecule has 158 valence electrons. The average Bonchev–Trinajstić information content (AvgIpc) is 3.18. The zero-order valence-electron chi connectivity index (χ0n) is 17.1. The molecule has 31 heavy (non-hydrogen) atoms. The van der Waals surface area contributed by atoms with Crippen molar-refractivity contribution >= 4 is 51.4 Å². The molecule has 0 aliphatic carbocycles. The minimum absolute atomic E-state index is 0.0538. The molecule has 3 aromatic heterocycles. The lowest BCUT2D eigenvalue weighted by atomic mass is 10.1. The van der Waals surface area contributed by atoms with E-state index in [1.807, 2.05) is 18.4 Å². The van der Waals surface area contributed by atoms with Gasteiger partial charge in [-0.25, -0.2) is 19.6 Å². The zero-order chi connectivity index (χ0) is 22.0. The first-order valence-corrected chi connectivity index (χ1v) is 10.1. The van der Waals surface area contributed by atoms with Crippen LogP contribution in [0, 0.1) is 0 Å². The number of aromatic nitrogens is 4. The van der Waals surface area contributed by atoms with Crippen molar-refractivity contribution in [1.82, 2.24) is 24.4 Å². The Morgan fingerprint density at radius 1 is 1.32 bits per heavy atom. The number of carbonyl (C=O) groups excluding carboxylic acids is 2. The lowest BCUT2D eigenvalue weighted by Crippen LogP contribution is -2.27. The molecule has 1 aromatic carbocycles. The van der Waals surface area contributed by atoms with Gasteiger partial charge in [0.25, 0.3) is 0 Å². The van der Waals surface area contributed by atoms with Crippen molar-refractivity contribution in [3.05, 3.63) is 40.8 Å². The molecule has 9 nitrogen and oxygen atoms in total. The maximum absolute atomic E-state index is 13.2. The van der Waals surface area contributed by atoms with Crippen molar-refractivity contribution in [2.45, 2.75) is 26.4 Å². The number of nitrogen functional groups attached to an aromatic ring is 1. The van der Waals surface area contributed by atoms with Crippen LogP contribution in [0.5, 0.6) is 0 Å². The van der Waals surface area contributed by atoms with Crippen LogP contribution in [-0.4, -0.2) is 38.2 Å². The molecule has 4 heterocycles. The van der Waals surface area contributed by atoms with E-state index in [4.69, 9.17) is 22.1 Å². The summed E-state index contributed by atoms with van der Waals surface area (Å²) in [7, 11) is 1.31. The second-order valence-corrected chi connectivity index (χ2v) is 8.00. The first-order valence-electron chi connectivity index (χ1n) is 9.69. The number of hydrogen-bond acceptors (Lipinski definition) is 6. The molecule has 0 spiro atoms. The van der Waals surface area contributed by atoms with E-state index in [1.54, 1.807) is 18.2 Å². The van der Waals surface area contributed by atoms with Crippen LogP contribution in [0.1, 0.15) is 35.9 Å². The van der Waals surface area contributed by atoms with Gasteiger partial charge in [-0.15, -0.1) is 0 Å².